The number of hydrogen-bond donors (Lipinski definition) is 2. The highest BCUT2D eigenvalue weighted by molar-refractivity contribution is 9.10. The van der Waals surface area contributed by atoms with Gasteiger partial charge in [-0.15, -0.1) is 0 Å². The van der Waals surface area contributed by atoms with E-state index in [1.54, 1.807) is 19.2 Å². The van der Waals surface area contributed by atoms with Gasteiger partial charge in [-0.1, -0.05) is 6.92 Å². The Morgan fingerprint density at radius 2 is 1.97 bits per heavy atom. The SMILES string of the molecule is CCCS(=O)(=O)Nc1cc(F)c(F)c(C(=O)Cc2cnc3[nH]cc(Br)c3c2)c1F. The average Bonchev–Trinajstić information content (AvgIpc) is 3.00. The number of carbonyl (C=O) groups is 1. The molecule has 2 N–H and O–H groups in total. The third-order valence-corrected chi connectivity index (χ3v) is 6.21. The molecule has 0 aliphatic heterocycles. The highest BCUT2D eigenvalue weighted by Gasteiger charge is 2.26. The Hall–Kier alpha value is -2.40. The molecule has 0 radical (unpaired) electrons. The number of ketones is 1. The minimum absolute atomic E-state index is 0.233. The van der Waals surface area contributed by atoms with Crippen molar-refractivity contribution in [2.75, 3.05) is 10.5 Å². The molecule has 11 heteroatoms. The van der Waals surface area contributed by atoms with Crippen LogP contribution in [-0.2, 0) is 16.4 Å². The van der Waals surface area contributed by atoms with Gasteiger partial charge in [0.1, 0.15) is 5.65 Å². The second-order valence-corrected chi connectivity index (χ2v) is 9.00. The van der Waals surface area contributed by atoms with Gasteiger partial charge in [-0.2, -0.15) is 0 Å². The molecule has 2 aromatic heterocycles. The summed E-state index contributed by atoms with van der Waals surface area (Å²) in [6.07, 6.45) is 2.77. The van der Waals surface area contributed by atoms with Gasteiger partial charge in [0.25, 0.3) is 0 Å². The molecule has 0 unspecified atom stereocenters. The van der Waals surface area contributed by atoms with E-state index < -0.39 is 50.9 Å². The number of carbonyl (C=O) groups excluding carboxylic acids is 1. The summed E-state index contributed by atoms with van der Waals surface area (Å²) >= 11 is 3.30. The number of Topliss-reactive ketones (excluding diaryl/α,β-unsaturated/α-hetero) is 1. The Labute approximate surface area is 172 Å². The van der Waals surface area contributed by atoms with Gasteiger partial charge in [-0.05, 0) is 34.0 Å². The van der Waals surface area contributed by atoms with Crippen LogP contribution in [0.5, 0.6) is 0 Å². The number of fused-ring (bicyclic) bond motifs is 1. The molecule has 2 heterocycles. The highest BCUT2D eigenvalue weighted by atomic mass is 79.9. The van der Waals surface area contributed by atoms with E-state index in [2.05, 4.69) is 25.9 Å². The fraction of sp³-hybridized carbons (Fsp3) is 0.222. The maximum Gasteiger partial charge on any atom is 0.232 e. The number of hydrogen-bond acceptors (Lipinski definition) is 4. The van der Waals surface area contributed by atoms with Crippen LogP contribution in [0.15, 0.2) is 29.0 Å². The second kappa shape index (κ2) is 8.15. The lowest BCUT2D eigenvalue weighted by Crippen LogP contribution is -2.19. The number of nitrogens with one attached hydrogen (secondary N) is 2. The van der Waals surface area contributed by atoms with Crippen molar-refractivity contribution in [1.29, 1.82) is 0 Å². The highest BCUT2D eigenvalue weighted by Crippen LogP contribution is 2.27. The summed E-state index contributed by atoms with van der Waals surface area (Å²) < 4.78 is 69.1. The van der Waals surface area contributed by atoms with Crippen molar-refractivity contribution in [2.24, 2.45) is 0 Å². The van der Waals surface area contributed by atoms with E-state index in [9.17, 15) is 26.4 Å². The maximum absolute atomic E-state index is 14.7. The summed E-state index contributed by atoms with van der Waals surface area (Å²) in [5.41, 5.74) is -1.07. The normalized spacial score (nSPS) is 11.8. The zero-order valence-corrected chi connectivity index (χ0v) is 17.4. The smallest absolute Gasteiger partial charge is 0.232 e. The van der Waals surface area contributed by atoms with Gasteiger partial charge in [0, 0.05) is 34.7 Å². The third kappa shape index (κ3) is 4.45. The van der Waals surface area contributed by atoms with Gasteiger partial charge < -0.3 is 4.98 Å². The van der Waals surface area contributed by atoms with E-state index in [1.165, 1.54) is 6.20 Å². The molecule has 3 aromatic rings. The number of aromatic amines is 1. The Morgan fingerprint density at radius 3 is 2.66 bits per heavy atom. The lowest BCUT2D eigenvalue weighted by molar-refractivity contribution is 0.0983. The van der Waals surface area contributed by atoms with Crippen molar-refractivity contribution >= 4 is 48.5 Å². The number of benzene rings is 1. The minimum atomic E-state index is -3.97. The van der Waals surface area contributed by atoms with Gasteiger partial charge in [-0.3, -0.25) is 9.52 Å². The average molecular weight is 490 g/mol. The fourth-order valence-electron chi connectivity index (χ4n) is 2.80. The summed E-state index contributed by atoms with van der Waals surface area (Å²) in [7, 11) is -3.97. The van der Waals surface area contributed by atoms with Crippen LogP contribution in [0.25, 0.3) is 11.0 Å². The van der Waals surface area contributed by atoms with Crippen molar-refractivity contribution in [3.63, 3.8) is 0 Å². The molecular formula is C18H15BrF3N3O3S. The Bertz CT molecular complexity index is 1210. The summed E-state index contributed by atoms with van der Waals surface area (Å²) in [6, 6.07) is 1.97. The third-order valence-electron chi connectivity index (χ3n) is 4.08. The number of anilines is 1. The van der Waals surface area contributed by atoms with Crippen LogP contribution in [0.2, 0.25) is 0 Å². The summed E-state index contributed by atoms with van der Waals surface area (Å²) in [6.45, 7) is 1.59. The van der Waals surface area contributed by atoms with E-state index in [4.69, 9.17) is 0 Å². The molecule has 0 bridgehead atoms. The number of sulfonamides is 1. The van der Waals surface area contributed by atoms with Crippen LogP contribution in [0.1, 0.15) is 29.3 Å². The second-order valence-electron chi connectivity index (χ2n) is 6.31. The van der Waals surface area contributed by atoms with E-state index in [0.717, 1.165) is 0 Å². The standard InChI is InChI=1S/C18H15BrF3N3O3S/c1-2-3-29(27,28)25-13-6-12(20)16(21)15(17(13)22)14(26)5-9-4-10-11(19)8-24-18(10)23-7-9/h4,6-8,25H,2-3,5H2,1H3,(H,23,24). The summed E-state index contributed by atoms with van der Waals surface area (Å²) in [5.74, 6) is -6.08. The molecule has 0 atom stereocenters. The van der Waals surface area contributed by atoms with E-state index in [0.29, 0.717) is 27.1 Å². The van der Waals surface area contributed by atoms with E-state index in [1.807, 2.05) is 4.72 Å². The first-order valence-corrected chi connectivity index (χ1v) is 10.9. The lowest BCUT2D eigenvalue weighted by Gasteiger charge is -2.12. The van der Waals surface area contributed by atoms with Crippen LogP contribution < -0.4 is 4.72 Å². The predicted octanol–water partition coefficient (Wildman–Crippen LogP) is 4.32. The molecule has 154 valence electrons. The molecule has 0 aliphatic carbocycles. The maximum atomic E-state index is 14.7. The molecular weight excluding hydrogens is 475 g/mol. The van der Waals surface area contributed by atoms with Crippen LogP contribution in [0, 0.1) is 17.5 Å². The molecule has 1 aromatic carbocycles. The zero-order chi connectivity index (χ0) is 21.3. The van der Waals surface area contributed by atoms with Crippen LogP contribution in [0.4, 0.5) is 18.9 Å². The number of H-pyrrole nitrogens is 1. The van der Waals surface area contributed by atoms with Crippen molar-refractivity contribution < 1.29 is 26.4 Å². The monoisotopic (exact) mass is 489 g/mol. The van der Waals surface area contributed by atoms with Crippen LogP contribution in [-0.4, -0.2) is 29.9 Å². The molecule has 0 amide bonds. The quantitative estimate of drug-likeness (QED) is 0.381. The first-order valence-electron chi connectivity index (χ1n) is 8.45. The Kier molecular flexibility index (Phi) is 5.99. The van der Waals surface area contributed by atoms with Crippen molar-refractivity contribution in [1.82, 2.24) is 9.97 Å². The van der Waals surface area contributed by atoms with Crippen LogP contribution in [0.3, 0.4) is 0 Å². The molecule has 0 spiro atoms. The summed E-state index contributed by atoms with van der Waals surface area (Å²) in [4.78, 5) is 19.5. The zero-order valence-electron chi connectivity index (χ0n) is 15.0. The van der Waals surface area contributed by atoms with Crippen molar-refractivity contribution in [3.8, 4) is 0 Å². The lowest BCUT2D eigenvalue weighted by atomic mass is 10.0. The Morgan fingerprint density at radius 1 is 1.24 bits per heavy atom. The van der Waals surface area contributed by atoms with Gasteiger partial charge in [0.05, 0.1) is 17.0 Å². The van der Waals surface area contributed by atoms with Gasteiger partial charge in [0.15, 0.2) is 23.2 Å². The largest absolute Gasteiger partial charge is 0.345 e. The predicted molar refractivity (Wildman–Crippen MR) is 106 cm³/mol. The van der Waals surface area contributed by atoms with Gasteiger partial charge in [-0.25, -0.2) is 26.6 Å². The topological polar surface area (TPSA) is 91.9 Å². The molecule has 6 nitrogen and oxygen atoms in total. The summed E-state index contributed by atoms with van der Waals surface area (Å²) in [5, 5.41) is 0.656. The van der Waals surface area contributed by atoms with Gasteiger partial charge in [0.2, 0.25) is 10.0 Å². The molecule has 0 fully saturated rings. The van der Waals surface area contributed by atoms with Crippen LogP contribution >= 0.6 is 15.9 Å². The Balaban J connectivity index is 1.97. The molecule has 0 aliphatic rings. The fourth-order valence-corrected chi connectivity index (χ4v) is 4.34. The van der Waals surface area contributed by atoms with E-state index in [-0.39, 0.29) is 12.2 Å². The molecule has 0 saturated carbocycles. The number of rotatable bonds is 7. The number of pyridine rings is 1. The number of halogens is 4. The molecule has 29 heavy (non-hydrogen) atoms. The number of nitrogens with zero attached hydrogens (tertiary/aromatic N) is 1. The van der Waals surface area contributed by atoms with Crippen molar-refractivity contribution in [3.05, 3.63) is 57.6 Å². The van der Waals surface area contributed by atoms with Crippen molar-refractivity contribution in [2.45, 2.75) is 19.8 Å². The first-order chi connectivity index (χ1) is 13.6. The first kappa shape index (κ1) is 21.3. The van der Waals surface area contributed by atoms with Gasteiger partial charge >= 0.3 is 0 Å². The molecule has 3 rings (SSSR count). The molecule has 0 saturated heterocycles. The van der Waals surface area contributed by atoms with E-state index >= 15 is 0 Å². The number of aromatic nitrogens is 2. The minimum Gasteiger partial charge on any atom is -0.345 e.